The van der Waals surface area contributed by atoms with Gasteiger partial charge in [-0.3, -0.25) is 14.9 Å². The van der Waals surface area contributed by atoms with Gasteiger partial charge in [-0.1, -0.05) is 41.9 Å². The summed E-state index contributed by atoms with van der Waals surface area (Å²) in [5, 5.41) is 11.0. The molecule has 100 valence electrons. The number of nitro benzene ring substituents is 1. The standard InChI is InChI=1S/C15H10ClNO3/c16-14-8-7-13(17(19)20)10-12(14)6-9-15(18)11-4-2-1-3-5-11/h1-10H. The van der Waals surface area contributed by atoms with Crippen molar-refractivity contribution in [3.8, 4) is 0 Å². The van der Waals surface area contributed by atoms with Crippen molar-refractivity contribution in [1.82, 2.24) is 0 Å². The van der Waals surface area contributed by atoms with E-state index in [0.717, 1.165) is 0 Å². The lowest BCUT2D eigenvalue weighted by atomic mass is 10.1. The van der Waals surface area contributed by atoms with Crippen LogP contribution in [0.15, 0.2) is 54.6 Å². The molecule has 2 aromatic rings. The number of hydrogen-bond donors (Lipinski definition) is 0. The molecule has 0 amide bonds. The molecule has 2 rings (SSSR count). The predicted octanol–water partition coefficient (Wildman–Crippen LogP) is 4.14. The van der Waals surface area contributed by atoms with Crippen LogP contribution in [0.1, 0.15) is 15.9 Å². The van der Waals surface area contributed by atoms with E-state index in [1.807, 2.05) is 6.07 Å². The van der Waals surface area contributed by atoms with Crippen molar-refractivity contribution in [2.75, 3.05) is 0 Å². The summed E-state index contributed by atoms with van der Waals surface area (Å²) in [6.45, 7) is 0. The number of carbonyl (C=O) groups excluding carboxylic acids is 1. The minimum atomic E-state index is -0.507. The highest BCUT2D eigenvalue weighted by atomic mass is 35.5. The molecule has 0 aliphatic rings. The smallest absolute Gasteiger partial charge is 0.270 e. The number of rotatable bonds is 4. The molecule has 5 heteroatoms. The van der Waals surface area contributed by atoms with E-state index in [9.17, 15) is 14.9 Å². The number of nitrogens with zero attached hydrogens (tertiary/aromatic N) is 1. The Morgan fingerprint density at radius 3 is 2.50 bits per heavy atom. The zero-order chi connectivity index (χ0) is 14.5. The molecule has 0 saturated carbocycles. The van der Waals surface area contributed by atoms with Crippen molar-refractivity contribution in [2.24, 2.45) is 0 Å². The van der Waals surface area contributed by atoms with E-state index in [0.29, 0.717) is 16.1 Å². The molecular weight excluding hydrogens is 278 g/mol. The molecule has 2 aromatic carbocycles. The largest absolute Gasteiger partial charge is 0.289 e. The van der Waals surface area contributed by atoms with Crippen LogP contribution in [0.25, 0.3) is 6.08 Å². The molecule has 0 spiro atoms. The Morgan fingerprint density at radius 1 is 1.15 bits per heavy atom. The van der Waals surface area contributed by atoms with Gasteiger partial charge >= 0.3 is 0 Å². The van der Waals surface area contributed by atoms with Gasteiger partial charge in [-0.05, 0) is 23.8 Å². The lowest BCUT2D eigenvalue weighted by molar-refractivity contribution is -0.384. The molecule has 20 heavy (non-hydrogen) atoms. The molecule has 0 atom stereocenters. The fourth-order valence-corrected chi connectivity index (χ4v) is 1.82. The Labute approximate surface area is 120 Å². The van der Waals surface area contributed by atoms with Gasteiger partial charge in [-0.2, -0.15) is 0 Å². The average Bonchev–Trinajstić information content (AvgIpc) is 2.46. The van der Waals surface area contributed by atoms with Crippen molar-refractivity contribution in [1.29, 1.82) is 0 Å². The number of hydrogen-bond acceptors (Lipinski definition) is 3. The summed E-state index contributed by atoms with van der Waals surface area (Å²) < 4.78 is 0. The van der Waals surface area contributed by atoms with Crippen LogP contribution in [-0.4, -0.2) is 10.7 Å². The number of ketones is 1. The maximum absolute atomic E-state index is 11.9. The molecule has 0 aromatic heterocycles. The Morgan fingerprint density at radius 2 is 1.85 bits per heavy atom. The van der Waals surface area contributed by atoms with Gasteiger partial charge in [0.2, 0.25) is 0 Å². The van der Waals surface area contributed by atoms with Crippen LogP contribution in [-0.2, 0) is 0 Å². The number of benzene rings is 2. The molecule has 0 fully saturated rings. The normalized spacial score (nSPS) is 10.7. The number of non-ortho nitro benzene ring substituents is 1. The second-order valence-electron chi connectivity index (χ2n) is 4.03. The third-order valence-electron chi connectivity index (χ3n) is 2.66. The van der Waals surface area contributed by atoms with Crippen LogP contribution in [0.3, 0.4) is 0 Å². The van der Waals surface area contributed by atoms with E-state index in [1.165, 1.54) is 30.4 Å². The highest BCUT2D eigenvalue weighted by Crippen LogP contribution is 2.23. The molecule has 0 aliphatic carbocycles. The summed E-state index contributed by atoms with van der Waals surface area (Å²) in [7, 11) is 0. The zero-order valence-corrected chi connectivity index (χ0v) is 11.1. The summed E-state index contributed by atoms with van der Waals surface area (Å²) in [5.74, 6) is -0.187. The van der Waals surface area contributed by atoms with E-state index >= 15 is 0 Å². The molecule has 0 saturated heterocycles. The minimum Gasteiger partial charge on any atom is -0.289 e. The van der Waals surface area contributed by atoms with Crippen molar-refractivity contribution in [2.45, 2.75) is 0 Å². The van der Waals surface area contributed by atoms with E-state index < -0.39 is 4.92 Å². The van der Waals surface area contributed by atoms with Gasteiger partial charge in [0.05, 0.1) is 4.92 Å². The number of allylic oxidation sites excluding steroid dienone is 1. The van der Waals surface area contributed by atoms with Gasteiger partial charge in [0.15, 0.2) is 5.78 Å². The Hall–Kier alpha value is -2.46. The fraction of sp³-hybridized carbons (Fsp3) is 0. The first-order valence-corrected chi connectivity index (χ1v) is 6.17. The first-order valence-electron chi connectivity index (χ1n) is 5.79. The van der Waals surface area contributed by atoms with Crippen LogP contribution in [0.2, 0.25) is 5.02 Å². The van der Waals surface area contributed by atoms with Crippen LogP contribution >= 0.6 is 11.6 Å². The van der Waals surface area contributed by atoms with Gasteiger partial charge < -0.3 is 0 Å². The number of nitro groups is 1. The van der Waals surface area contributed by atoms with E-state index in [4.69, 9.17) is 11.6 Å². The lowest BCUT2D eigenvalue weighted by Gasteiger charge is -1.98. The van der Waals surface area contributed by atoms with Gasteiger partial charge in [0, 0.05) is 22.7 Å². The monoisotopic (exact) mass is 287 g/mol. The van der Waals surface area contributed by atoms with Gasteiger partial charge in [0.1, 0.15) is 0 Å². The average molecular weight is 288 g/mol. The molecule has 0 unspecified atom stereocenters. The molecule has 0 N–H and O–H groups in total. The summed E-state index contributed by atoms with van der Waals surface area (Å²) in [5.41, 5.74) is 0.914. The Bertz CT molecular complexity index is 681. The molecule has 0 aliphatic heterocycles. The Balaban J connectivity index is 2.25. The quantitative estimate of drug-likeness (QED) is 0.367. The molecule has 4 nitrogen and oxygen atoms in total. The maximum atomic E-state index is 11.9. The zero-order valence-electron chi connectivity index (χ0n) is 10.3. The highest BCUT2D eigenvalue weighted by Gasteiger charge is 2.08. The van der Waals surface area contributed by atoms with Crippen molar-refractivity contribution in [3.05, 3.63) is 80.9 Å². The van der Waals surface area contributed by atoms with Gasteiger partial charge in [-0.25, -0.2) is 0 Å². The van der Waals surface area contributed by atoms with E-state index in [-0.39, 0.29) is 11.5 Å². The lowest BCUT2D eigenvalue weighted by Crippen LogP contribution is -1.93. The molecule has 0 bridgehead atoms. The predicted molar refractivity (Wildman–Crippen MR) is 77.9 cm³/mol. The van der Waals surface area contributed by atoms with Crippen molar-refractivity contribution < 1.29 is 9.72 Å². The summed E-state index contributed by atoms with van der Waals surface area (Å²) in [4.78, 5) is 22.1. The first kappa shape index (κ1) is 14.0. The second kappa shape index (κ2) is 6.12. The van der Waals surface area contributed by atoms with Gasteiger partial charge in [-0.15, -0.1) is 0 Å². The third-order valence-corrected chi connectivity index (χ3v) is 3.01. The van der Waals surface area contributed by atoms with Crippen LogP contribution in [0.5, 0.6) is 0 Å². The van der Waals surface area contributed by atoms with E-state index in [1.54, 1.807) is 24.3 Å². The van der Waals surface area contributed by atoms with Crippen LogP contribution in [0.4, 0.5) is 5.69 Å². The number of halogens is 1. The molecular formula is C15H10ClNO3. The Kier molecular flexibility index (Phi) is 4.27. The SMILES string of the molecule is O=C(C=Cc1cc([N+](=O)[O-])ccc1Cl)c1ccccc1. The van der Waals surface area contributed by atoms with Crippen LogP contribution < -0.4 is 0 Å². The van der Waals surface area contributed by atoms with Gasteiger partial charge in [0.25, 0.3) is 5.69 Å². The van der Waals surface area contributed by atoms with Crippen LogP contribution in [0, 0.1) is 10.1 Å². The summed E-state index contributed by atoms with van der Waals surface area (Å²) in [6.07, 6.45) is 2.82. The topological polar surface area (TPSA) is 60.2 Å². The maximum Gasteiger partial charge on any atom is 0.270 e. The first-order chi connectivity index (χ1) is 9.58. The minimum absolute atomic E-state index is 0.0683. The van der Waals surface area contributed by atoms with Crippen molar-refractivity contribution in [3.63, 3.8) is 0 Å². The highest BCUT2D eigenvalue weighted by molar-refractivity contribution is 6.32. The number of carbonyl (C=O) groups is 1. The second-order valence-corrected chi connectivity index (χ2v) is 4.43. The molecule has 0 heterocycles. The fourth-order valence-electron chi connectivity index (χ4n) is 1.64. The van der Waals surface area contributed by atoms with Crippen molar-refractivity contribution >= 4 is 29.1 Å². The van der Waals surface area contributed by atoms with E-state index in [2.05, 4.69) is 0 Å². The molecule has 0 radical (unpaired) electrons. The summed E-state index contributed by atoms with van der Waals surface area (Å²) >= 11 is 5.95. The third kappa shape index (κ3) is 3.30. The summed E-state index contributed by atoms with van der Waals surface area (Å²) in [6, 6.07) is 12.8.